The first-order chi connectivity index (χ1) is 11.3. The molecule has 1 aromatic rings. The van der Waals surface area contributed by atoms with Crippen molar-refractivity contribution < 1.29 is 9.59 Å². The van der Waals surface area contributed by atoms with Gasteiger partial charge in [0, 0.05) is 45.5 Å². The number of hydrogen-bond donors (Lipinski definition) is 0. The topological polar surface area (TPSA) is 56.8 Å². The highest BCUT2D eigenvalue weighted by Crippen LogP contribution is 2.14. The lowest BCUT2D eigenvalue weighted by atomic mass is 10.2. The summed E-state index contributed by atoms with van der Waals surface area (Å²) in [5, 5.41) is 0. The van der Waals surface area contributed by atoms with Gasteiger partial charge < -0.3 is 14.7 Å². The number of anilines is 1. The lowest BCUT2D eigenvalue weighted by Gasteiger charge is -2.35. The third-order valence-electron chi connectivity index (χ3n) is 4.62. The summed E-state index contributed by atoms with van der Waals surface area (Å²) in [6.45, 7) is 4.03. The molecular formula is C17H24N4O2. The van der Waals surface area contributed by atoms with Crippen LogP contribution in [-0.2, 0) is 9.59 Å². The van der Waals surface area contributed by atoms with Crippen LogP contribution < -0.4 is 4.90 Å². The first-order valence-corrected chi connectivity index (χ1v) is 8.50. The maximum atomic E-state index is 12.5. The molecule has 0 aliphatic carbocycles. The van der Waals surface area contributed by atoms with Crippen LogP contribution >= 0.6 is 0 Å². The molecule has 1 aromatic heterocycles. The molecule has 2 aliphatic heterocycles. The third kappa shape index (κ3) is 3.81. The molecule has 0 spiro atoms. The Kier molecular flexibility index (Phi) is 5.10. The van der Waals surface area contributed by atoms with Gasteiger partial charge in [0.2, 0.25) is 0 Å². The van der Waals surface area contributed by atoms with Crippen LogP contribution in [0.3, 0.4) is 0 Å². The maximum Gasteiger partial charge on any atom is 0.312 e. The molecule has 0 radical (unpaired) electrons. The summed E-state index contributed by atoms with van der Waals surface area (Å²) in [4.78, 5) is 34.8. The van der Waals surface area contributed by atoms with E-state index in [1.165, 1.54) is 0 Å². The zero-order chi connectivity index (χ0) is 16.1. The Morgan fingerprint density at radius 3 is 1.96 bits per heavy atom. The van der Waals surface area contributed by atoms with Crippen molar-refractivity contribution in [2.45, 2.75) is 25.7 Å². The summed E-state index contributed by atoms with van der Waals surface area (Å²) in [6.07, 6.45) is 6.09. The van der Waals surface area contributed by atoms with Crippen molar-refractivity contribution in [3.05, 3.63) is 24.4 Å². The van der Waals surface area contributed by atoms with Crippen LogP contribution in [0.2, 0.25) is 0 Å². The van der Waals surface area contributed by atoms with Crippen molar-refractivity contribution in [3.63, 3.8) is 0 Å². The summed E-state index contributed by atoms with van der Waals surface area (Å²) >= 11 is 0. The molecule has 0 unspecified atom stereocenters. The van der Waals surface area contributed by atoms with Gasteiger partial charge in [0.15, 0.2) is 0 Å². The Bertz CT molecular complexity index is 533. The Labute approximate surface area is 137 Å². The van der Waals surface area contributed by atoms with Crippen LogP contribution in [0.5, 0.6) is 0 Å². The zero-order valence-corrected chi connectivity index (χ0v) is 13.5. The van der Waals surface area contributed by atoms with Gasteiger partial charge >= 0.3 is 11.8 Å². The number of rotatable bonds is 1. The highest BCUT2D eigenvalue weighted by molar-refractivity contribution is 6.34. The minimum Gasteiger partial charge on any atom is -0.353 e. The Balaban J connectivity index is 1.54. The highest BCUT2D eigenvalue weighted by Gasteiger charge is 2.29. The summed E-state index contributed by atoms with van der Waals surface area (Å²) in [7, 11) is 0. The van der Waals surface area contributed by atoms with Gasteiger partial charge in [-0.2, -0.15) is 0 Å². The monoisotopic (exact) mass is 316 g/mol. The van der Waals surface area contributed by atoms with Crippen LogP contribution in [0, 0.1) is 0 Å². The van der Waals surface area contributed by atoms with Crippen LogP contribution in [0.15, 0.2) is 24.4 Å². The number of amides is 2. The molecule has 0 bridgehead atoms. The molecule has 2 amide bonds. The predicted molar refractivity (Wildman–Crippen MR) is 88.1 cm³/mol. The van der Waals surface area contributed by atoms with Gasteiger partial charge in [-0.1, -0.05) is 18.9 Å². The van der Waals surface area contributed by atoms with Gasteiger partial charge in [0.1, 0.15) is 5.82 Å². The van der Waals surface area contributed by atoms with Gasteiger partial charge in [0.25, 0.3) is 0 Å². The Morgan fingerprint density at radius 2 is 1.39 bits per heavy atom. The van der Waals surface area contributed by atoms with Crippen LogP contribution in [0.25, 0.3) is 0 Å². The molecular weight excluding hydrogens is 292 g/mol. The zero-order valence-electron chi connectivity index (χ0n) is 13.5. The van der Waals surface area contributed by atoms with Crippen molar-refractivity contribution >= 4 is 17.6 Å². The number of pyridine rings is 1. The van der Waals surface area contributed by atoms with Crippen molar-refractivity contribution in [1.82, 2.24) is 14.8 Å². The first-order valence-electron chi connectivity index (χ1n) is 8.50. The second kappa shape index (κ2) is 7.44. The molecule has 3 heterocycles. The number of carbonyl (C=O) groups excluding carboxylic acids is 2. The van der Waals surface area contributed by atoms with Crippen molar-refractivity contribution in [2.24, 2.45) is 0 Å². The van der Waals surface area contributed by atoms with E-state index < -0.39 is 0 Å². The molecule has 124 valence electrons. The number of piperazine rings is 1. The third-order valence-corrected chi connectivity index (χ3v) is 4.62. The largest absolute Gasteiger partial charge is 0.353 e. The van der Waals surface area contributed by atoms with E-state index in [-0.39, 0.29) is 11.8 Å². The molecule has 0 N–H and O–H groups in total. The molecule has 3 rings (SSSR count). The molecule has 2 saturated heterocycles. The quantitative estimate of drug-likeness (QED) is 0.729. The van der Waals surface area contributed by atoms with Gasteiger partial charge in [-0.25, -0.2) is 4.98 Å². The predicted octanol–water partition coefficient (Wildman–Crippen LogP) is 1.13. The number of likely N-dealkylation sites (tertiary alicyclic amines) is 1. The minimum absolute atomic E-state index is 0.321. The molecule has 6 nitrogen and oxygen atoms in total. The summed E-state index contributed by atoms with van der Waals surface area (Å²) < 4.78 is 0. The fourth-order valence-corrected chi connectivity index (χ4v) is 3.22. The smallest absolute Gasteiger partial charge is 0.312 e. The molecule has 2 fully saturated rings. The van der Waals surface area contributed by atoms with E-state index in [1.54, 1.807) is 16.0 Å². The number of hydrogen-bond acceptors (Lipinski definition) is 4. The van der Waals surface area contributed by atoms with Crippen LogP contribution in [0.4, 0.5) is 5.82 Å². The molecule has 0 aromatic carbocycles. The van der Waals surface area contributed by atoms with E-state index in [4.69, 9.17) is 0 Å². The average Bonchev–Trinajstić information content (AvgIpc) is 2.91. The minimum atomic E-state index is -0.340. The summed E-state index contributed by atoms with van der Waals surface area (Å²) in [5.41, 5.74) is 0. The molecule has 2 aliphatic rings. The van der Waals surface area contributed by atoms with Crippen LogP contribution in [-0.4, -0.2) is 65.9 Å². The number of carbonyl (C=O) groups is 2. The molecule has 0 saturated carbocycles. The van der Waals surface area contributed by atoms with E-state index in [9.17, 15) is 9.59 Å². The Hall–Kier alpha value is -2.11. The first kappa shape index (κ1) is 15.8. The maximum absolute atomic E-state index is 12.5. The molecule has 0 atom stereocenters. The standard InChI is InChI=1S/C17H24N4O2/c22-16(20-9-5-1-2-6-10-20)17(23)21-13-11-19(12-14-21)15-7-3-4-8-18-15/h3-4,7-8H,1-2,5-6,9-14H2. The van der Waals surface area contributed by atoms with E-state index in [2.05, 4.69) is 9.88 Å². The second-order valence-electron chi connectivity index (χ2n) is 6.17. The van der Waals surface area contributed by atoms with E-state index in [1.807, 2.05) is 18.2 Å². The fourth-order valence-electron chi connectivity index (χ4n) is 3.22. The van der Waals surface area contributed by atoms with E-state index in [0.717, 1.165) is 57.7 Å². The van der Waals surface area contributed by atoms with Crippen molar-refractivity contribution in [2.75, 3.05) is 44.2 Å². The van der Waals surface area contributed by atoms with Gasteiger partial charge in [-0.05, 0) is 25.0 Å². The van der Waals surface area contributed by atoms with Gasteiger partial charge in [0.05, 0.1) is 0 Å². The molecule has 6 heteroatoms. The normalized spacial score (nSPS) is 19.4. The number of aromatic nitrogens is 1. The lowest BCUT2D eigenvalue weighted by Crippen LogP contribution is -2.53. The molecule has 23 heavy (non-hydrogen) atoms. The summed E-state index contributed by atoms with van der Waals surface area (Å²) in [6, 6.07) is 5.83. The highest BCUT2D eigenvalue weighted by atomic mass is 16.2. The lowest BCUT2D eigenvalue weighted by molar-refractivity contribution is -0.152. The SMILES string of the molecule is O=C(C(=O)N1CCN(c2ccccn2)CC1)N1CCCCCC1. The Morgan fingerprint density at radius 1 is 0.783 bits per heavy atom. The van der Waals surface area contributed by atoms with E-state index in [0.29, 0.717) is 13.1 Å². The number of nitrogens with zero attached hydrogens (tertiary/aromatic N) is 4. The van der Waals surface area contributed by atoms with Crippen LogP contribution in [0.1, 0.15) is 25.7 Å². The summed E-state index contributed by atoms with van der Waals surface area (Å²) in [5.74, 6) is 0.268. The van der Waals surface area contributed by atoms with Gasteiger partial charge in [-0.3, -0.25) is 9.59 Å². The van der Waals surface area contributed by atoms with Gasteiger partial charge in [-0.15, -0.1) is 0 Å². The van der Waals surface area contributed by atoms with Crippen molar-refractivity contribution in [3.8, 4) is 0 Å². The fraction of sp³-hybridized carbons (Fsp3) is 0.588. The second-order valence-corrected chi connectivity index (χ2v) is 6.17. The average molecular weight is 316 g/mol. The van der Waals surface area contributed by atoms with Crippen molar-refractivity contribution in [1.29, 1.82) is 0 Å². The van der Waals surface area contributed by atoms with E-state index >= 15 is 0 Å².